The summed E-state index contributed by atoms with van der Waals surface area (Å²) in [6, 6.07) is 13.7. The Balaban J connectivity index is 1.66. The van der Waals surface area contributed by atoms with Crippen LogP contribution in [0, 0.1) is 0 Å². The van der Waals surface area contributed by atoms with Gasteiger partial charge in [0.05, 0.1) is 0 Å². The topological polar surface area (TPSA) is 46.3 Å². The molecule has 4 aromatic rings. The second-order valence-corrected chi connectivity index (χ2v) is 6.70. The number of halogens is 1. The average molecular weight is 356 g/mol. The lowest BCUT2D eigenvalue weighted by Crippen LogP contribution is -2.18. The number of aromatic nitrogens is 4. The summed E-state index contributed by atoms with van der Waals surface area (Å²) in [4.78, 5) is 2.08. The zero-order valence-electron chi connectivity index (χ0n) is 12.9. The van der Waals surface area contributed by atoms with Gasteiger partial charge >= 0.3 is 0 Å². The highest BCUT2D eigenvalue weighted by molar-refractivity contribution is 7.08. The first-order chi connectivity index (χ1) is 11.7. The first kappa shape index (κ1) is 15.1. The summed E-state index contributed by atoms with van der Waals surface area (Å²) in [5, 5.41) is 18.0. The maximum absolute atomic E-state index is 5.94. The third-order valence-electron chi connectivity index (χ3n) is 3.75. The molecule has 0 amide bonds. The smallest absolute Gasteiger partial charge is 0.186 e. The maximum atomic E-state index is 5.94. The molecule has 1 aromatic carbocycles. The van der Waals surface area contributed by atoms with Gasteiger partial charge in [-0.1, -0.05) is 23.7 Å². The van der Waals surface area contributed by atoms with Crippen LogP contribution in [0.1, 0.15) is 5.56 Å². The van der Waals surface area contributed by atoms with E-state index in [2.05, 4.69) is 15.1 Å². The molecule has 0 spiro atoms. The Labute approximate surface area is 148 Å². The van der Waals surface area contributed by atoms with Crippen LogP contribution in [0.15, 0.2) is 53.2 Å². The van der Waals surface area contributed by atoms with Crippen molar-refractivity contribution in [3.8, 4) is 11.4 Å². The van der Waals surface area contributed by atoms with E-state index in [0.29, 0.717) is 0 Å². The van der Waals surface area contributed by atoms with Crippen LogP contribution < -0.4 is 4.90 Å². The maximum Gasteiger partial charge on any atom is 0.186 e. The number of nitrogens with zero attached hydrogens (tertiary/aromatic N) is 5. The molecule has 3 heterocycles. The molecule has 0 radical (unpaired) electrons. The van der Waals surface area contributed by atoms with Gasteiger partial charge in [0.2, 0.25) is 0 Å². The predicted octanol–water partition coefficient (Wildman–Crippen LogP) is 4.14. The van der Waals surface area contributed by atoms with Crippen molar-refractivity contribution in [1.82, 2.24) is 19.8 Å². The number of rotatable bonds is 4. The number of hydrogen-bond donors (Lipinski definition) is 0. The van der Waals surface area contributed by atoms with Gasteiger partial charge in [-0.15, -0.1) is 15.3 Å². The Bertz CT molecular complexity index is 962. The minimum absolute atomic E-state index is 0.736. The van der Waals surface area contributed by atoms with Gasteiger partial charge in [-0.05, 0) is 41.3 Å². The lowest BCUT2D eigenvalue weighted by molar-refractivity contribution is 0.842. The molecule has 0 aliphatic rings. The Morgan fingerprint density at radius 3 is 2.67 bits per heavy atom. The van der Waals surface area contributed by atoms with E-state index < -0.39 is 0 Å². The highest BCUT2D eigenvalue weighted by atomic mass is 35.5. The fourth-order valence-corrected chi connectivity index (χ4v) is 3.26. The predicted molar refractivity (Wildman–Crippen MR) is 97.7 cm³/mol. The second-order valence-electron chi connectivity index (χ2n) is 5.48. The molecule has 0 aliphatic heterocycles. The van der Waals surface area contributed by atoms with E-state index in [4.69, 9.17) is 16.7 Å². The van der Waals surface area contributed by atoms with Crippen LogP contribution in [-0.4, -0.2) is 26.9 Å². The first-order valence-corrected chi connectivity index (χ1v) is 8.73. The molecular formula is C17H14ClN5S. The molecule has 0 saturated carbocycles. The van der Waals surface area contributed by atoms with Crippen molar-refractivity contribution in [2.75, 3.05) is 11.9 Å². The summed E-state index contributed by atoms with van der Waals surface area (Å²) >= 11 is 7.57. The summed E-state index contributed by atoms with van der Waals surface area (Å²) in [7, 11) is 2.01. The summed E-state index contributed by atoms with van der Waals surface area (Å²) in [5.41, 5.74) is 2.93. The molecular weight excluding hydrogens is 342 g/mol. The third-order valence-corrected chi connectivity index (χ3v) is 4.69. The number of anilines is 1. The molecule has 0 aliphatic carbocycles. The molecule has 24 heavy (non-hydrogen) atoms. The lowest BCUT2D eigenvalue weighted by Gasteiger charge is -2.18. The Kier molecular flexibility index (Phi) is 3.92. The number of thiophene rings is 1. The van der Waals surface area contributed by atoms with Crippen molar-refractivity contribution in [2.24, 2.45) is 0 Å². The van der Waals surface area contributed by atoms with Crippen molar-refractivity contribution < 1.29 is 0 Å². The fourth-order valence-electron chi connectivity index (χ4n) is 2.50. The van der Waals surface area contributed by atoms with Gasteiger partial charge in [0.1, 0.15) is 5.82 Å². The van der Waals surface area contributed by atoms with E-state index in [9.17, 15) is 0 Å². The largest absolute Gasteiger partial charge is 0.354 e. The summed E-state index contributed by atoms with van der Waals surface area (Å²) in [6.45, 7) is 0.742. The van der Waals surface area contributed by atoms with Crippen molar-refractivity contribution in [3.63, 3.8) is 0 Å². The summed E-state index contributed by atoms with van der Waals surface area (Å²) in [5.74, 6) is 1.61. The normalized spacial score (nSPS) is 11.1. The molecule has 0 unspecified atom stereocenters. The van der Waals surface area contributed by atoms with Gasteiger partial charge in [-0.25, -0.2) is 0 Å². The van der Waals surface area contributed by atoms with Crippen molar-refractivity contribution in [1.29, 1.82) is 0 Å². The molecule has 4 rings (SSSR count). The van der Waals surface area contributed by atoms with Gasteiger partial charge in [0.15, 0.2) is 11.5 Å². The van der Waals surface area contributed by atoms with Gasteiger partial charge in [-0.3, -0.25) is 0 Å². The third kappa shape index (κ3) is 2.86. The summed E-state index contributed by atoms with van der Waals surface area (Å²) in [6.07, 6.45) is 0. The molecule has 3 aromatic heterocycles. The van der Waals surface area contributed by atoms with Crippen molar-refractivity contribution in [2.45, 2.75) is 6.54 Å². The minimum Gasteiger partial charge on any atom is -0.354 e. The van der Waals surface area contributed by atoms with Crippen LogP contribution in [0.2, 0.25) is 5.02 Å². The van der Waals surface area contributed by atoms with Crippen LogP contribution in [0.5, 0.6) is 0 Å². The molecule has 120 valence electrons. The summed E-state index contributed by atoms with van der Waals surface area (Å²) < 4.78 is 1.79. The van der Waals surface area contributed by atoms with Crippen molar-refractivity contribution >= 4 is 34.4 Å². The van der Waals surface area contributed by atoms with Crippen LogP contribution in [-0.2, 0) is 6.54 Å². The van der Waals surface area contributed by atoms with Gasteiger partial charge < -0.3 is 4.90 Å². The minimum atomic E-state index is 0.736. The lowest BCUT2D eigenvalue weighted by atomic mass is 10.2. The van der Waals surface area contributed by atoms with E-state index in [-0.39, 0.29) is 0 Å². The van der Waals surface area contributed by atoms with Crippen molar-refractivity contribution in [3.05, 3.63) is 63.8 Å². The van der Waals surface area contributed by atoms with Crippen LogP contribution >= 0.6 is 22.9 Å². The zero-order valence-corrected chi connectivity index (χ0v) is 14.5. The molecule has 0 N–H and O–H groups in total. The first-order valence-electron chi connectivity index (χ1n) is 7.41. The molecule has 0 atom stereocenters. The second kappa shape index (κ2) is 6.22. The molecule has 0 saturated heterocycles. The van der Waals surface area contributed by atoms with Gasteiger partial charge in [0.25, 0.3) is 0 Å². The molecule has 0 fully saturated rings. The molecule has 7 heteroatoms. The number of hydrogen-bond acceptors (Lipinski definition) is 5. The van der Waals surface area contributed by atoms with Crippen LogP contribution in [0.3, 0.4) is 0 Å². The zero-order chi connectivity index (χ0) is 16.5. The molecule has 0 bridgehead atoms. The van der Waals surface area contributed by atoms with Crippen LogP contribution in [0.25, 0.3) is 17.0 Å². The quantitative estimate of drug-likeness (QED) is 0.552. The van der Waals surface area contributed by atoms with Gasteiger partial charge in [-0.2, -0.15) is 15.9 Å². The van der Waals surface area contributed by atoms with E-state index >= 15 is 0 Å². The number of benzene rings is 1. The molecule has 5 nitrogen and oxygen atoms in total. The standard InChI is InChI=1S/C17H14ClN5S/c1-22(10-12-2-4-14(18)5-3-12)16-7-6-15-19-20-17(23(15)21-16)13-8-9-24-11-13/h2-9,11H,10H2,1H3. The monoisotopic (exact) mass is 355 g/mol. The van der Waals surface area contributed by atoms with E-state index in [1.165, 1.54) is 5.56 Å². The van der Waals surface area contributed by atoms with E-state index in [1.807, 2.05) is 60.3 Å². The van der Waals surface area contributed by atoms with Gasteiger partial charge in [0, 0.05) is 29.6 Å². The number of fused-ring (bicyclic) bond motifs is 1. The van der Waals surface area contributed by atoms with Crippen LogP contribution in [0.4, 0.5) is 5.82 Å². The Hall–Kier alpha value is -2.44. The van der Waals surface area contributed by atoms with E-state index in [1.54, 1.807) is 15.9 Å². The Morgan fingerprint density at radius 1 is 1.08 bits per heavy atom. The SMILES string of the molecule is CN(Cc1ccc(Cl)cc1)c1ccc2nnc(-c3ccsc3)n2n1. The highest BCUT2D eigenvalue weighted by Crippen LogP contribution is 2.22. The Morgan fingerprint density at radius 2 is 1.92 bits per heavy atom. The highest BCUT2D eigenvalue weighted by Gasteiger charge is 2.12. The average Bonchev–Trinajstić information content (AvgIpc) is 3.25. The van der Waals surface area contributed by atoms with E-state index in [0.717, 1.165) is 34.4 Å². The fraction of sp³-hybridized carbons (Fsp3) is 0.118.